The van der Waals surface area contributed by atoms with Crippen molar-refractivity contribution in [2.45, 2.75) is 75.7 Å². The second-order valence-corrected chi connectivity index (χ2v) is 10.1. The van der Waals surface area contributed by atoms with Crippen LogP contribution in [0, 0.1) is 23.5 Å². The summed E-state index contributed by atoms with van der Waals surface area (Å²) in [5, 5.41) is 9.62. The molecule has 2 aromatic rings. The molecule has 2 fully saturated rings. The van der Waals surface area contributed by atoms with E-state index in [0.29, 0.717) is 54.5 Å². The molecule has 37 heavy (non-hydrogen) atoms. The zero-order valence-corrected chi connectivity index (χ0v) is 20.1. The van der Waals surface area contributed by atoms with Gasteiger partial charge in [-0.2, -0.15) is 22.0 Å². The molecule has 0 bridgehead atoms. The van der Waals surface area contributed by atoms with Crippen LogP contribution in [0.15, 0.2) is 48.6 Å². The Hall–Kier alpha value is -2.55. The first kappa shape index (κ1) is 27.5. The highest BCUT2D eigenvalue weighted by Gasteiger charge is 2.42. The topological polar surface area (TPSA) is 29.5 Å². The standard InChI is InChI=1S/C28H29F7O2/c29-24-15-20(19-7-3-17(4-8-19)1-2-18-5-11-22(36)12-6-18)16-25(30)26(24)28(34,35)37-23-13-9-21(10-14-23)27(31,32)33/h1-2,9-10,13-19,22,36H,3-8,11-12H2/b2-1+. The van der Waals surface area contributed by atoms with Gasteiger partial charge in [0.1, 0.15) is 22.9 Å². The molecule has 9 heteroatoms. The van der Waals surface area contributed by atoms with Crippen molar-refractivity contribution in [1.82, 2.24) is 0 Å². The van der Waals surface area contributed by atoms with Crippen LogP contribution in [0.1, 0.15) is 74.0 Å². The van der Waals surface area contributed by atoms with Crippen molar-refractivity contribution in [2.24, 2.45) is 11.8 Å². The molecule has 2 aliphatic carbocycles. The molecule has 0 aromatic heterocycles. The first-order chi connectivity index (χ1) is 17.4. The minimum Gasteiger partial charge on any atom is -0.429 e. The van der Waals surface area contributed by atoms with Gasteiger partial charge in [0.25, 0.3) is 0 Å². The van der Waals surface area contributed by atoms with E-state index >= 15 is 0 Å². The van der Waals surface area contributed by atoms with Crippen molar-refractivity contribution >= 4 is 0 Å². The van der Waals surface area contributed by atoms with Crippen molar-refractivity contribution in [3.8, 4) is 5.75 Å². The Labute approximate surface area is 211 Å². The summed E-state index contributed by atoms with van der Waals surface area (Å²) in [6.45, 7) is 0. The van der Waals surface area contributed by atoms with E-state index < -0.39 is 40.8 Å². The van der Waals surface area contributed by atoms with Gasteiger partial charge in [-0.1, -0.05) is 12.2 Å². The molecule has 0 saturated heterocycles. The van der Waals surface area contributed by atoms with Crippen LogP contribution in [-0.4, -0.2) is 11.2 Å². The smallest absolute Gasteiger partial charge is 0.429 e. The highest BCUT2D eigenvalue weighted by molar-refractivity contribution is 5.33. The van der Waals surface area contributed by atoms with Crippen molar-refractivity contribution in [2.75, 3.05) is 0 Å². The third-order valence-electron chi connectivity index (χ3n) is 7.42. The number of benzene rings is 2. The summed E-state index contributed by atoms with van der Waals surface area (Å²) < 4.78 is 101. The Balaban J connectivity index is 1.39. The lowest BCUT2D eigenvalue weighted by Gasteiger charge is -2.28. The van der Waals surface area contributed by atoms with Crippen molar-refractivity contribution in [3.05, 3.63) is 76.9 Å². The third-order valence-corrected chi connectivity index (χ3v) is 7.42. The van der Waals surface area contributed by atoms with E-state index in [9.17, 15) is 35.8 Å². The number of aliphatic hydroxyl groups excluding tert-OH is 1. The maximum Gasteiger partial charge on any atom is 0.432 e. The molecule has 4 rings (SSSR count). The zero-order valence-electron chi connectivity index (χ0n) is 20.1. The summed E-state index contributed by atoms with van der Waals surface area (Å²) in [6.07, 6.45) is 1.61. The average Bonchev–Trinajstić information content (AvgIpc) is 2.83. The van der Waals surface area contributed by atoms with Crippen LogP contribution in [0.3, 0.4) is 0 Å². The van der Waals surface area contributed by atoms with Crippen LogP contribution >= 0.6 is 0 Å². The van der Waals surface area contributed by atoms with Gasteiger partial charge in [-0.25, -0.2) is 8.78 Å². The fourth-order valence-electron chi connectivity index (χ4n) is 5.27. The highest BCUT2D eigenvalue weighted by Crippen LogP contribution is 2.41. The normalized spacial score (nSPS) is 25.4. The molecule has 2 nitrogen and oxygen atoms in total. The van der Waals surface area contributed by atoms with Gasteiger partial charge >= 0.3 is 12.3 Å². The molecule has 0 heterocycles. The van der Waals surface area contributed by atoms with Gasteiger partial charge in [0, 0.05) is 0 Å². The van der Waals surface area contributed by atoms with E-state index in [1.807, 2.05) is 0 Å². The fourth-order valence-corrected chi connectivity index (χ4v) is 5.27. The molecule has 1 N–H and O–H groups in total. The van der Waals surface area contributed by atoms with Gasteiger partial charge in [-0.05, 0) is 111 Å². The summed E-state index contributed by atoms with van der Waals surface area (Å²) in [7, 11) is 0. The lowest BCUT2D eigenvalue weighted by Crippen LogP contribution is -2.25. The Morgan fingerprint density at radius 2 is 1.22 bits per heavy atom. The van der Waals surface area contributed by atoms with Crippen LogP contribution in [0.2, 0.25) is 0 Å². The maximum atomic E-state index is 14.7. The van der Waals surface area contributed by atoms with Crippen LogP contribution < -0.4 is 4.74 Å². The van der Waals surface area contributed by atoms with Crippen LogP contribution in [0.4, 0.5) is 30.7 Å². The predicted molar refractivity (Wildman–Crippen MR) is 124 cm³/mol. The van der Waals surface area contributed by atoms with Gasteiger partial charge in [0.05, 0.1) is 11.7 Å². The minimum absolute atomic E-state index is 0.169. The van der Waals surface area contributed by atoms with E-state index in [2.05, 4.69) is 16.9 Å². The number of hydrogen-bond acceptors (Lipinski definition) is 2. The monoisotopic (exact) mass is 530 g/mol. The number of allylic oxidation sites excluding steroid dienone is 2. The molecule has 2 aromatic carbocycles. The molecule has 0 radical (unpaired) electrons. The van der Waals surface area contributed by atoms with Crippen LogP contribution in [-0.2, 0) is 12.3 Å². The average molecular weight is 531 g/mol. The molecular weight excluding hydrogens is 501 g/mol. The SMILES string of the molecule is OC1CCC(/C=C/C2CCC(c3cc(F)c(C(F)(F)Oc4ccc(C(F)(F)F)cc4)c(F)c3)CC2)CC1. The van der Waals surface area contributed by atoms with Gasteiger partial charge < -0.3 is 9.84 Å². The van der Waals surface area contributed by atoms with E-state index in [-0.39, 0.29) is 12.0 Å². The van der Waals surface area contributed by atoms with Gasteiger partial charge in [0.15, 0.2) is 0 Å². The van der Waals surface area contributed by atoms with E-state index in [1.54, 1.807) is 0 Å². The van der Waals surface area contributed by atoms with Gasteiger partial charge in [-0.15, -0.1) is 0 Å². The Morgan fingerprint density at radius 3 is 1.70 bits per heavy atom. The summed E-state index contributed by atoms with van der Waals surface area (Å²) in [5.74, 6) is -2.95. The molecule has 0 aliphatic heterocycles. The largest absolute Gasteiger partial charge is 0.432 e. The van der Waals surface area contributed by atoms with Gasteiger partial charge in [-0.3, -0.25) is 0 Å². The predicted octanol–water partition coefficient (Wildman–Crippen LogP) is 8.49. The quantitative estimate of drug-likeness (QED) is 0.300. The molecule has 202 valence electrons. The lowest BCUT2D eigenvalue weighted by molar-refractivity contribution is -0.189. The van der Waals surface area contributed by atoms with E-state index in [1.165, 1.54) is 0 Å². The number of halogens is 7. The second-order valence-electron chi connectivity index (χ2n) is 10.1. The lowest BCUT2D eigenvalue weighted by atomic mass is 9.77. The second kappa shape index (κ2) is 11.1. The number of rotatable bonds is 6. The molecule has 0 atom stereocenters. The fraction of sp³-hybridized carbons (Fsp3) is 0.500. The molecule has 2 aliphatic rings. The summed E-state index contributed by atoms with van der Waals surface area (Å²) in [4.78, 5) is 0. The molecule has 0 amide bonds. The first-order valence-corrected chi connectivity index (χ1v) is 12.5. The van der Waals surface area contributed by atoms with E-state index in [4.69, 9.17) is 0 Å². The molecular formula is C28H29F7O2. The van der Waals surface area contributed by atoms with Crippen molar-refractivity contribution < 1.29 is 40.6 Å². The summed E-state index contributed by atoms with van der Waals surface area (Å²) >= 11 is 0. The molecule has 0 unspecified atom stereocenters. The summed E-state index contributed by atoms with van der Waals surface area (Å²) in [5.41, 5.74) is -2.35. The zero-order chi connectivity index (χ0) is 26.8. The van der Waals surface area contributed by atoms with E-state index in [0.717, 1.165) is 50.7 Å². The molecule has 0 spiro atoms. The first-order valence-electron chi connectivity index (χ1n) is 12.5. The summed E-state index contributed by atoms with van der Waals surface area (Å²) in [6, 6.07) is 4.24. The van der Waals surface area contributed by atoms with Crippen molar-refractivity contribution in [1.29, 1.82) is 0 Å². The van der Waals surface area contributed by atoms with Crippen LogP contribution in [0.5, 0.6) is 5.75 Å². The van der Waals surface area contributed by atoms with Crippen molar-refractivity contribution in [3.63, 3.8) is 0 Å². The van der Waals surface area contributed by atoms with Gasteiger partial charge in [0.2, 0.25) is 0 Å². The number of alkyl halides is 5. The highest BCUT2D eigenvalue weighted by atomic mass is 19.4. The number of hydrogen-bond donors (Lipinski definition) is 1. The number of ether oxygens (including phenoxy) is 1. The Bertz CT molecular complexity index is 1060. The molecule has 2 saturated carbocycles. The number of aliphatic hydroxyl groups is 1. The third kappa shape index (κ3) is 6.86. The Kier molecular flexibility index (Phi) is 8.21. The Morgan fingerprint density at radius 1 is 0.730 bits per heavy atom. The maximum absolute atomic E-state index is 14.7. The van der Waals surface area contributed by atoms with Crippen LogP contribution in [0.25, 0.3) is 0 Å². The minimum atomic E-state index is -4.66.